The minimum absolute atomic E-state index is 0. The number of rotatable bonds is 6. The van der Waals surface area contributed by atoms with E-state index in [0.29, 0.717) is 6.29 Å². The van der Waals surface area contributed by atoms with Gasteiger partial charge in [-0.25, -0.2) is 0 Å². The number of aldehydes is 1. The summed E-state index contributed by atoms with van der Waals surface area (Å²) in [6, 6.07) is 0. The van der Waals surface area contributed by atoms with Crippen LogP contribution in [0.5, 0.6) is 0 Å². The van der Waals surface area contributed by atoms with Gasteiger partial charge < -0.3 is 33.9 Å². The molecule has 0 aliphatic rings. The molecule has 0 aromatic heterocycles. The van der Waals surface area contributed by atoms with Crippen molar-refractivity contribution in [3.8, 4) is 0 Å². The van der Waals surface area contributed by atoms with Crippen molar-refractivity contribution in [2.24, 2.45) is 0 Å². The Morgan fingerprint density at radius 2 is 1.73 bits per heavy atom. The van der Waals surface area contributed by atoms with Crippen LogP contribution < -0.4 is 68.9 Å². The fraction of sp³-hybridized carbons (Fsp3) is 0.800. The normalized spacial score (nSPS) is 14.4. The second kappa shape index (κ2) is 10.8. The summed E-state index contributed by atoms with van der Waals surface area (Å²) >= 11 is 0. The van der Waals surface area contributed by atoms with Gasteiger partial charge in [-0.05, 0) is 0 Å². The first-order valence-electron chi connectivity index (χ1n) is 3.33. The SMILES string of the molecule is O=CC[C@H](O)[C@H](O)COP(=O)([O-])[O-].[Na+].[Na+]. The van der Waals surface area contributed by atoms with E-state index in [1.165, 1.54) is 0 Å². The number of hydrogen-bond acceptors (Lipinski definition) is 7. The van der Waals surface area contributed by atoms with Gasteiger partial charge in [0.2, 0.25) is 0 Å². The quantitative estimate of drug-likeness (QED) is 0.275. The Morgan fingerprint density at radius 3 is 2.07 bits per heavy atom. The number of carbonyl (C=O) groups excluding carboxylic acids is 1. The molecule has 7 nitrogen and oxygen atoms in total. The van der Waals surface area contributed by atoms with Gasteiger partial charge in [0, 0.05) is 6.42 Å². The summed E-state index contributed by atoms with van der Waals surface area (Å²) in [5, 5.41) is 17.7. The van der Waals surface area contributed by atoms with Gasteiger partial charge in [-0.1, -0.05) is 0 Å². The van der Waals surface area contributed by atoms with Crippen molar-refractivity contribution in [2.45, 2.75) is 18.6 Å². The molecule has 0 unspecified atom stereocenters. The number of aliphatic hydroxyl groups excluding tert-OH is 2. The second-order valence-electron chi connectivity index (χ2n) is 2.28. The summed E-state index contributed by atoms with van der Waals surface area (Å²) in [4.78, 5) is 29.6. The Kier molecular flexibility index (Phi) is 15.8. The number of aliphatic hydroxyl groups is 2. The van der Waals surface area contributed by atoms with Gasteiger partial charge in [-0.2, -0.15) is 0 Å². The minimum atomic E-state index is -5.14. The third-order valence-corrected chi connectivity index (χ3v) is 1.65. The molecule has 0 amide bonds. The topological polar surface area (TPSA) is 130 Å². The first kappa shape index (κ1) is 21.9. The fourth-order valence-corrected chi connectivity index (χ4v) is 0.870. The van der Waals surface area contributed by atoms with Gasteiger partial charge >= 0.3 is 59.1 Å². The Hall–Kier alpha value is 1.70. The second-order valence-corrected chi connectivity index (χ2v) is 3.43. The third-order valence-electron chi connectivity index (χ3n) is 1.19. The van der Waals surface area contributed by atoms with E-state index in [4.69, 9.17) is 10.2 Å². The molecule has 0 aliphatic carbocycles. The molecule has 2 N–H and O–H groups in total. The molecule has 10 heteroatoms. The van der Waals surface area contributed by atoms with Crippen LogP contribution >= 0.6 is 7.82 Å². The summed E-state index contributed by atoms with van der Waals surface area (Å²) in [5.74, 6) is 0. The molecule has 2 atom stereocenters. The maximum Gasteiger partial charge on any atom is 1.00 e. The molecule has 0 bridgehead atoms. The minimum Gasteiger partial charge on any atom is -0.790 e. The first-order chi connectivity index (χ1) is 5.87. The monoisotopic (exact) mass is 258 g/mol. The Labute approximate surface area is 131 Å². The van der Waals surface area contributed by atoms with Crippen molar-refractivity contribution < 1.29 is 93.0 Å². The standard InChI is InChI=1S/C5H11O7P.2Na/c6-2-1-4(7)5(8)3-12-13(9,10)11;;/h2,4-5,7-8H,1,3H2,(H2,9,10,11);;/q;2*+1/p-2/t4-,5+;;/m0../s1. The Bertz CT molecular complexity index is 208. The van der Waals surface area contributed by atoms with Crippen LogP contribution in [0.3, 0.4) is 0 Å². The van der Waals surface area contributed by atoms with Gasteiger partial charge in [-0.15, -0.1) is 0 Å². The van der Waals surface area contributed by atoms with Crippen LogP contribution in [0.2, 0.25) is 0 Å². The summed E-state index contributed by atoms with van der Waals surface area (Å²) in [6.07, 6.45) is -3.00. The maximum absolute atomic E-state index is 9.90. The summed E-state index contributed by atoms with van der Waals surface area (Å²) in [7, 11) is -5.14. The van der Waals surface area contributed by atoms with Crippen molar-refractivity contribution in [1.29, 1.82) is 0 Å². The predicted molar refractivity (Wildman–Crippen MR) is 36.3 cm³/mol. The van der Waals surface area contributed by atoms with Crippen LogP contribution in [0.15, 0.2) is 0 Å². The molecule has 0 aromatic rings. The van der Waals surface area contributed by atoms with E-state index < -0.39 is 26.6 Å². The molecule has 0 heterocycles. The van der Waals surface area contributed by atoms with E-state index in [-0.39, 0.29) is 65.5 Å². The van der Waals surface area contributed by atoms with Crippen LogP contribution in [-0.2, 0) is 13.9 Å². The smallest absolute Gasteiger partial charge is 0.790 e. The average molecular weight is 258 g/mol. The van der Waals surface area contributed by atoms with Gasteiger partial charge in [0.05, 0.1) is 20.5 Å². The predicted octanol–water partition coefficient (Wildman–Crippen LogP) is -8.85. The van der Waals surface area contributed by atoms with Crippen LogP contribution in [0.4, 0.5) is 0 Å². The maximum atomic E-state index is 9.90. The van der Waals surface area contributed by atoms with E-state index in [1.54, 1.807) is 0 Å². The Balaban J connectivity index is -0.000000720. The number of hydrogen-bond donors (Lipinski definition) is 2. The van der Waals surface area contributed by atoms with E-state index in [2.05, 4.69) is 4.52 Å². The summed E-state index contributed by atoms with van der Waals surface area (Å²) in [5.41, 5.74) is 0. The molecular weight excluding hydrogens is 249 g/mol. The van der Waals surface area contributed by atoms with Crippen molar-refractivity contribution in [3.05, 3.63) is 0 Å². The number of phosphoric acid groups is 1. The van der Waals surface area contributed by atoms with Crippen molar-refractivity contribution in [1.82, 2.24) is 0 Å². The fourth-order valence-electron chi connectivity index (χ4n) is 0.534. The van der Waals surface area contributed by atoms with Crippen molar-refractivity contribution in [2.75, 3.05) is 6.61 Å². The largest absolute Gasteiger partial charge is 1.00 e. The summed E-state index contributed by atoms with van der Waals surface area (Å²) in [6.45, 7) is -0.848. The first-order valence-corrected chi connectivity index (χ1v) is 4.79. The zero-order valence-electron chi connectivity index (χ0n) is 8.53. The molecule has 0 radical (unpaired) electrons. The molecule has 78 valence electrons. The number of phosphoric ester groups is 1. The summed E-state index contributed by atoms with van der Waals surface area (Å²) < 4.78 is 13.6. The van der Waals surface area contributed by atoms with E-state index in [0.717, 1.165) is 0 Å². The molecule has 0 aliphatic heterocycles. The zero-order valence-corrected chi connectivity index (χ0v) is 13.4. The van der Waals surface area contributed by atoms with Crippen LogP contribution in [0.1, 0.15) is 6.42 Å². The van der Waals surface area contributed by atoms with Crippen molar-refractivity contribution in [3.63, 3.8) is 0 Å². The Morgan fingerprint density at radius 1 is 1.27 bits per heavy atom. The zero-order chi connectivity index (χ0) is 10.5. The molecule has 0 rings (SSSR count). The van der Waals surface area contributed by atoms with Crippen molar-refractivity contribution >= 4 is 14.1 Å². The number of carbonyl (C=O) groups is 1. The molecular formula is C5H9Na2O7P. The van der Waals surface area contributed by atoms with Gasteiger partial charge in [0.25, 0.3) is 0 Å². The molecule has 0 fully saturated rings. The average Bonchev–Trinajstić information content (AvgIpc) is 1.99. The van der Waals surface area contributed by atoms with Gasteiger partial charge in [0.1, 0.15) is 12.4 Å². The molecule has 0 saturated carbocycles. The van der Waals surface area contributed by atoms with Gasteiger partial charge in [0.15, 0.2) is 0 Å². The molecule has 0 saturated heterocycles. The van der Waals surface area contributed by atoms with E-state index >= 15 is 0 Å². The molecule has 0 aromatic carbocycles. The molecule has 0 spiro atoms. The van der Waals surface area contributed by atoms with E-state index in [9.17, 15) is 19.1 Å². The van der Waals surface area contributed by atoms with Crippen LogP contribution in [0, 0.1) is 0 Å². The van der Waals surface area contributed by atoms with Crippen LogP contribution in [0.25, 0.3) is 0 Å². The van der Waals surface area contributed by atoms with Crippen LogP contribution in [-0.4, -0.2) is 35.3 Å². The van der Waals surface area contributed by atoms with Gasteiger partial charge in [-0.3, -0.25) is 0 Å². The third kappa shape index (κ3) is 13.6. The molecule has 15 heavy (non-hydrogen) atoms. The van der Waals surface area contributed by atoms with E-state index in [1.807, 2.05) is 0 Å².